The molecule has 29 heavy (non-hydrogen) atoms. The summed E-state index contributed by atoms with van der Waals surface area (Å²) < 4.78 is 5.40. The molecule has 2 aromatic rings. The number of ether oxygens (including phenoxy) is 1. The van der Waals surface area contributed by atoms with Crippen LogP contribution >= 0.6 is 7.26 Å². The van der Waals surface area contributed by atoms with Crippen LogP contribution in [0.5, 0.6) is 0 Å². The minimum atomic E-state index is -1.89. The van der Waals surface area contributed by atoms with Crippen LogP contribution in [0.25, 0.3) is 0 Å². The normalized spacial score (nSPS) is 12.0. The molecular weight excluding hydrogens is 383 g/mol. The number of nitrogens with one attached hydrogen (secondary N) is 1. The SMILES string of the molecule is Cc1cc(C#N)cc(C)c1NC(=O)C(C)[P+](C)(C)CC(=O)OCc1ccccc1. The standard InChI is InChI=1S/C23H27N2O3P/c1-16-11-20(13-24)12-17(2)22(16)25-23(27)18(3)29(4,5)15-21(26)28-14-19-9-7-6-8-10-19/h6-12,18H,14-15H2,1-5H3/p+1. The minimum absolute atomic E-state index is 0.116. The molecule has 5 nitrogen and oxygen atoms in total. The number of aryl methyl sites for hydroxylation is 2. The molecule has 0 heterocycles. The maximum absolute atomic E-state index is 12.9. The fourth-order valence-corrected chi connectivity index (χ4v) is 4.75. The Labute approximate surface area is 173 Å². The van der Waals surface area contributed by atoms with Gasteiger partial charge in [-0.25, -0.2) is 4.79 Å². The topological polar surface area (TPSA) is 79.2 Å². The van der Waals surface area contributed by atoms with Crippen molar-refractivity contribution in [1.82, 2.24) is 0 Å². The molecule has 1 unspecified atom stereocenters. The van der Waals surface area contributed by atoms with Gasteiger partial charge in [-0.2, -0.15) is 5.26 Å². The van der Waals surface area contributed by atoms with E-state index in [1.165, 1.54) is 0 Å². The minimum Gasteiger partial charge on any atom is -0.458 e. The fraction of sp³-hybridized carbons (Fsp3) is 0.348. The van der Waals surface area contributed by atoms with E-state index >= 15 is 0 Å². The molecule has 0 radical (unpaired) electrons. The van der Waals surface area contributed by atoms with Crippen molar-refractivity contribution in [3.8, 4) is 6.07 Å². The maximum atomic E-state index is 12.9. The molecular formula is C23H28N2O3P+. The molecule has 0 aliphatic rings. The summed E-state index contributed by atoms with van der Waals surface area (Å²) in [4.78, 5) is 25.2. The number of benzene rings is 2. The second-order valence-electron chi connectivity index (χ2n) is 7.85. The van der Waals surface area contributed by atoms with Crippen molar-refractivity contribution in [2.75, 3.05) is 24.8 Å². The summed E-state index contributed by atoms with van der Waals surface area (Å²) in [7, 11) is -1.89. The van der Waals surface area contributed by atoms with E-state index in [0.717, 1.165) is 22.4 Å². The first-order valence-electron chi connectivity index (χ1n) is 9.48. The monoisotopic (exact) mass is 411 g/mol. The summed E-state index contributed by atoms with van der Waals surface area (Å²) in [5, 5.41) is 12.1. The average molecular weight is 411 g/mol. The molecule has 1 amide bonds. The van der Waals surface area contributed by atoms with E-state index in [-0.39, 0.29) is 30.3 Å². The van der Waals surface area contributed by atoms with Crippen LogP contribution in [0.2, 0.25) is 0 Å². The largest absolute Gasteiger partial charge is 0.458 e. The van der Waals surface area contributed by atoms with Crippen LogP contribution in [0.15, 0.2) is 42.5 Å². The molecule has 0 spiro atoms. The van der Waals surface area contributed by atoms with Crippen LogP contribution in [0.1, 0.15) is 29.2 Å². The second kappa shape index (κ2) is 9.67. The highest BCUT2D eigenvalue weighted by Crippen LogP contribution is 2.56. The Balaban J connectivity index is 2.00. The summed E-state index contributed by atoms with van der Waals surface area (Å²) in [5.41, 5.74) is 3.63. The van der Waals surface area contributed by atoms with Gasteiger partial charge in [0.15, 0.2) is 6.16 Å². The van der Waals surface area contributed by atoms with Gasteiger partial charge in [-0.1, -0.05) is 30.3 Å². The first-order chi connectivity index (χ1) is 13.6. The number of hydrogen-bond acceptors (Lipinski definition) is 4. The highest BCUT2D eigenvalue weighted by atomic mass is 31.2. The number of esters is 1. The van der Waals surface area contributed by atoms with Crippen LogP contribution < -0.4 is 5.32 Å². The third kappa shape index (κ3) is 6.14. The maximum Gasteiger partial charge on any atom is 0.344 e. The van der Waals surface area contributed by atoms with E-state index in [4.69, 9.17) is 10.00 Å². The van der Waals surface area contributed by atoms with Gasteiger partial charge in [0.05, 0.1) is 11.6 Å². The van der Waals surface area contributed by atoms with Crippen molar-refractivity contribution in [2.45, 2.75) is 33.0 Å². The lowest BCUT2D eigenvalue weighted by atomic mass is 10.0. The number of anilines is 1. The van der Waals surface area contributed by atoms with Gasteiger partial charge in [0.1, 0.15) is 12.3 Å². The van der Waals surface area contributed by atoms with Gasteiger partial charge in [0.25, 0.3) is 5.91 Å². The number of carbonyl (C=O) groups excluding carboxylic acids is 2. The Morgan fingerprint density at radius 2 is 1.72 bits per heavy atom. The molecule has 2 rings (SSSR count). The van der Waals surface area contributed by atoms with E-state index in [1.807, 2.05) is 64.4 Å². The molecule has 152 valence electrons. The van der Waals surface area contributed by atoms with Crippen LogP contribution in [-0.2, 0) is 20.9 Å². The summed E-state index contributed by atoms with van der Waals surface area (Å²) >= 11 is 0. The molecule has 0 saturated heterocycles. The number of amides is 1. The van der Waals surface area contributed by atoms with Gasteiger partial charge in [-0.15, -0.1) is 0 Å². The van der Waals surface area contributed by atoms with Gasteiger partial charge in [-0.05, 0) is 49.6 Å². The van der Waals surface area contributed by atoms with Crippen LogP contribution in [0.3, 0.4) is 0 Å². The number of nitrogens with zero attached hydrogens (tertiary/aromatic N) is 1. The van der Waals surface area contributed by atoms with E-state index < -0.39 is 7.26 Å². The Hall–Kier alpha value is -2.70. The molecule has 1 N–H and O–H groups in total. The van der Waals surface area contributed by atoms with Gasteiger partial charge in [0.2, 0.25) is 0 Å². The van der Waals surface area contributed by atoms with Crippen molar-refractivity contribution < 1.29 is 14.3 Å². The highest BCUT2D eigenvalue weighted by Gasteiger charge is 2.41. The summed E-state index contributed by atoms with van der Waals surface area (Å²) in [6, 6.07) is 15.2. The average Bonchev–Trinajstić information content (AvgIpc) is 2.68. The Kier molecular flexibility index (Phi) is 7.53. The fourth-order valence-electron chi connectivity index (χ4n) is 3.02. The molecule has 0 aromatic heterocycles. The highest BCUT2D eigenvalue weighted by molar-refractivity contribution is 7.76. The van der Waals surface area contributed by atoms with Crippen molar-refractivity contribution in [2.24, 2.45) is 0 Å². The predicted octanol–water partition coefficient (Wildman–Crippen LogP) is 4.52. The quantitative estimate of drug-likeness (QED) is 0.537. The Morgan fingerprint density at radius 3 is 2.28 bits per heavy atom. The number of rotatable bonds is 7. The van der Waals surface area contributed by atoms with Gasteiger partial charge >= 0.3 is 5.97 Å². The van der Waals surface area contributed by atoms with E-state index in [9.17, 15) is 9.59 Å². The van der Waals surface area contributed by atoms with Crippen LogP contribution in [0, 0.1) is 25.2 Å². The summed E-state index contributed by atoms with van der Waals surface area (Å²) in [6.45, 7) is 9.84. The first kappa shape index (κ1) is 22.6. The molecule has 0 aliphatic carbocycles. The lowest BCUT2D eigenvalue weighted by Gasteiger charge is -2.24. The summed E-state index contributed by atoms with van der Waals surface area (Å²) in [5.74, 6) is -0.396. The number of hydrogen-bond donors (Lipinski definition) is 1. The first-order valence-corrected chi connectivity index (χ1v) is 12.4. The van der Waals surface area contributed by atoms with Crippen molar-refractivity contribution in [3.63, 3.8) is 0 Å². The van der Waals surface area contributed by atoms with Crippen LogP contribution in [-0.4, -0.2) is 37.0 Å². The molecule has 6 heteroatoms. The summed E-state index contributed by atoms with van der Waals surface area (Å²) in [6.07, 6.45) is 0.250. The van der Waals surface area contributed by atoms with E-state index in [1.54, 1.807) is 12.1 Å². The zero-order valence-corrected chi connectivity index (χ0v) is 18.5. The number of carbonyl (C=O) groups is 2. The third-order valence-electron chi connectivity index (χ3n) is 5.12. The lowest BCUT2D eigenvalue weighted by molar-refractivity contribution is -0.141. The Morgan fingerprint density at radius 1 is 1.14 bits per heavy atom. The van der Waals surface area contributed by atoms with Gasteiger partial charge in [0, 0.05) is 26.3 Å². The second-order valence-corrected chi connectivity index (χ2v) is 12.5. The molecule has 0 saturated carbocycles. The van der Waals surface area contributed by atoms with Crippen LogP contribution in [0.4, 0.5) is 5.69 Å². The third-order valence-corrected chi connectivity index (χ3v) is 8.52. The lowest BCUT2D eigenvalue weighted by Crippen LogP contribution is -2.30. The predicted molar refractivity (Wildman–Crippen MR) is 119 cm³/mol. The van der Waals surface area contributed by atoms with E-state index in [2.05, 4.69) is 11.4 Å². The Bertz CT molecular complexity index is 910. The van der Waals surface area contributed by atoms with Crippen molar-refractivity contribution >= 4 is 24.8 Å². The zero-order chi connectivity index (χ0) is 21.6. The molecule has 0 fully saturated rings. The van der Waals surface area contributed by atoms with Crippen molar-refractivity contribution in [1.29, 1.82) is 5.26 Å². The van der Waals surface area contributed by atoms with Gasteiger partial charge < -0.3 is 10.1 Å². The zero-order valence-electron chi connectivity index (χ0n) is 17.7. The molecule has 2 aromatic carbocycles. The molecule has 0 aliphatic heterocycles. The van der Waals surface area contributed by atoms with E-state index in [0.29, 0.717) is 5.56 Å². The number of nitriles is 1. The molecule has 1 atom stereocenters. The van der Waals surface area contributed by atoms with Gasteiger partial charge in [-0.3, -0.25) is 4.79 Å². The van der Waals surface area contributed by atoms with Crippen molar-refractivity contribution in [3.05, 3.63) is 64.7 Å². The molecule has 0 bridgehead atoms. The smallest absolute Gasteiger partial charge is 0.344 e.